The van der Waals surface area contributed by atoms with Crippen LogP contribution in [0, 0.1) is 0 Å². The molecule has 0 aromatic carbocycles. The summed E-state index contributed by atoms with van der Waals surface area (Å²) in [5.74, 6) is 0. The zero-order valence-electron chi connectivity index (χ0n) is 9.26. The average Bonchev–Trinajstić information content (AvgIpc) is 2.62. The first-order valence-corrected chi connectivity index (χ1v) is 5.86. The smallest absolute Gasteiger partial charge is 0.0338 e. The maximum absolute atomic E-state index is 3.87. The van der Waals surface area contributed by atoms with Crippen molar-refractivity contribution in [3.05, 3.63) is 12.7 Å². The number of hydrogen-bond acceptors (Lipinski definition) is 2. The van der Waals surface area contributed by atoms with Crippen LogP contribution in [0.1, 0.15) is 32.6 Å². The molecule has 80 valence electrons. The van der Waals surface area contributed by atoms with Crippen LogP contribution in [0.3, 0.4) is 0 Å². The van der Waals surface area contributed by atoms with E-state index in [-0.39, 0.29) is 0 Å². The standard InChI is InChI=1S/C12H22N2/c1-3-8-14-9-11(2)13-10-12(14)6-4-5-7-12/h3,11,13H,1,4-10H2,2H3. The number of piperazine rings is 1. The number of hydrogen-bond donors (Lipinski definition) is 1. The zero-order valence-corrected chi connectivity index (χ0v) is 9.26. The first-order valence-electron chi connectivity index (χ1n) is 5.86. The molecule has 0 radical (unpaired) electrons. The van der Waals surface area contributed by atoms with Crippen LogP contribution in [0.2, 0.25) is 0 Å². The van der Waals surface area contributed by atoms with Crippen LogP contribution >= 0.6 is 0 Å². The summed E-state index contributed by atoms with van der Waals surface area (Å²) in [5.41, 5.74) is 0.473. The number of nitrogens with one attached hydrogen (secondary N) is 1. The average molecular weight is 194 g/mol. The Kier molecular flexibility index (Phi) is 2.93. The fourth-order valence-corrected chi connectivity index (χ4v) is 3.01. The van der Waals surface area contributed by atoms with Gasteiger partial charge in [0.15, 0.2) is 0 Å². The Morgan fingerprint density at radius 3 is 2.86 bits per heavy atom. The maximum Gasteiger partial charge on any atom is 0.0338 e. The molecule has 0 aromatic heterocycles. The molecule has 0 aromatic rings. The van der Waals surface area contributed by atoms with Crippen molar-refractivity contribution in [1.29, 1.82) is 0 Å². The predicted molar refractivity (Wildman–Crippen MR) is 60.4 cm³/mol. The molecule has 2 heteroatoms. The van der Waals surface area contributed by atoms with E-state index in [1.807, 2.05) is 0 Å². The van der Waals surface area contributed by atoms with Gasteiger partial charge in [-0.05, 0) is 19.8 Å². The van der Waals surface area contributed by atoms with Gasteiger partial charge in [-0.3, -0.25) is 4.90 Å². The van der Waals surface area contributed by atoms with Gasteiger partial charge in [0.1, 0.15) is 0 Å². The normalized spacial score (nSPS) is 32.2. The van der Waals surface area contributed by atoms with Gasteiger partial charge < -0.3 is 5.32 Å². The summed E-state index contributed by atoms with van der Waals surface area (Å²) in [4.78, 5) is 2.65. The van der Waals surface area contributed by atoms with E-state index in [4.69, 9.17) is 0 Å². The molecule has 0 bridgehead atoms. The van der Waals surface area contributed by atoms with Crippen molar-refractivity contribution in [3.63, 3.8) is 0 Å². The maximum atomic E-state index is 3.87. The van der Waals surface area contributed by atoms with Crippen LogP contribution < -0.4 is 5.32 Å². The molecule has 1 aliphatic carbocycles. The highest BCUT2D eigenvalue weighted by Crippen LogP contribution is 2.36. The van der Waals surface area contributed by atoms with Gasteiger partial charge in [-0.1, -0.05) is 18.9 Å². The molecule has 14 heavy (non-hydrogen) atoms. The van der Waals surface area contributed by atoms with Crippen molar-refractivity contribution in [2.45, 2.75) is 44.2 Å². The van der Waals surface area contributed by atoms with Crippen molar-refractivity contribution in [3.8, 4) is 0 Å². The van der Waals surface area contributed by atoms with Gasteiger partial charge in [0, 0.05) is 31.2 Å². The predicted octanol–water partition coefficient (Wildman–Crippen LogP) is 1.78. The molecule has 1 spiro atoms. The van der Waals surface area contributed by atoms with Crippen LogP contribution in [0.15, 0.2) is 12.7 Å². The lowest BCUT2D eigenvalue weighted by atomic mass is 9.91. The molecule has 1 atom stereocenters. The highest BCUT2D eigenvalue weighted by atomic mass is 15.3. The third kappa shape index (κ3) is 1.73. The zero-order chi connectivity index (χ0) is 10.0. The topological polar surface area (TPSA) is 15.3 Å². The molecule has 2 nitrogen and oxygen atoms in total. The summed E-state index contributed by atoms with van der Waals surface area (Å²) in [5, 5.41) is 3.63. The van der Waals surface area contributed by atoms with E-state index >= 15 is 0 Å². The third-order valence-electron chi connectivity index (χ3n) is 3.83. The van der Waals surface area contributed by atoms with E-state index in [0.717, 1.165) is 6.54 Å². The summed E-state index contributed by atoms with van der Waals surface area (Å²) in [6, 6.07) is 0.640. The fourth-order valence-electron chi connectivity index (χ4n) is 3.01. The van der Waals surface area contributed by atoms with E-state index in [2.05, 4.69) is 29.8 Å². The summed E-state index contributed by atoms with van der Waals surface area (Å²) >= 11 is 0. The second-order valence-corrected chi connectivity index (χ2v) is 4.91. The van der Waals surface area contributed by atoms with Crippen molar-refractivity contribution >= 4 is 0 Å². The van der Waals surface area contributed by atoms with Crippen molar-refractivity contribution in [2.24, 2.45) is 0 Å². The van der Waals surface area contributed by atoms with Gasteiger partial charge in [0.05, 0.1) is 0 Å². The van der Waals surface area contributed by atoms with Gasteiger partial charge in [-0.15, -0.1) is 6.58 Å². The minimum absolute atomic E-state index is 0.473. The van der Waals surface area contributed by atoms with Crippen LogP contribution in [0.5, 0.6) is 0 Å². The summed E-state index contributed by atoms with van der Waals surface area (Å²) < 4.78 is 0. The second kappa shape index (κ2) is 4.03. The Morgan fingerprint density at radius 1 is 1.50 bits per heavy atom. The van der Waals surface area contributed by atoms with Crippen molar-refractivity contribution in [1.82, 2.24) is 10.2 Å². The van der Waals surface area contributed by atoms with Crippen molar-refractivity contribution in [2.75, 3.05) is 19.6 Å². The van der Waals surface area contributed by atoms with E-state index in [1.54, 1.807) is 0 Å². The number of nitrogens with zero attached hydrogens (tertiary/aromatic N) is 1. The second-order valence-electron chi connectivity index (χ2n) is 4.91. The van der Waals surface area contributed by atoms with Gasteiger partial charge in [-0.25, -0.2) is 0 Å². The first-order chi connectivity index (χ1) is 6.77. The first kappa shape index (κ1) is 10.2. The lowest BCUT2D eigenvalue weighted by Gasteiger charge is -2.47. The fraction of sp³-hybridized carbons (Fsp3) is 0.833. The molecule has 1 saturated carbocycles. The van der Waals surface area contributed by atoms with Crippen LogP contribution in [-0.2, 0) is 0 Å². The molecule has 2 aliphatic rings. The molecular weight excluding hydrogens is 172 g/mol. The SMILES string of the molecule is C=CCN1CC(C)NCC12CCCC2. The summed E-state index contributed by atoms with van der Waals surface area (Å²) in [6.07, 6.45) is 7.62. The van der Waals surface area contributed by atoms with E-state index < -0.39 is 0 Å². The molecule has 1 saturated heterocycles. The van der Waals surface area contributed by atoms with Crippen molar-refractivity contribution < 1.29 is 0 Å². The Labute approximate surface area is 87.4 Å². The third-order valence-corrected chi connectivity index (χ3v) is 3.83. The minimum atomic E-state index is 0.473. The Morgan fingerprint density at radius 2 is 2.21 bits per heavy atom. The number of rotatable bonds is 2. The van der Waals surface area contributed by atoms with E-state index in [9.17, 15) is 0 Å². The van der Waals surface area contributed by atoms with E-state index in [1.165, 1.54) is 38.8 Å². The molecular formula is C12H22N2. The highest BCUT2D eigenvalue weighted by molar-refractivity contribution is 5.02. The Bertz CT molecular complexity index is 206. The van der Waals surface area contributed by atoms with Crippen LogP contribution in [-0.4, -0.2) is 36.1 Å². The van der Waals surface area contributed by atoms with Gasteiger partial charge in [0.25, 0.3) is 0 Å². The lowest BCUT2D eigenvalue weighted by molar-refractivity contribution is 0.0582. The molecule has 2 fully saturated rings. The molecule has 1 N–H and O–H groups in total. The molecule has 2 rings (SSSR count). The minimum Gasteiger partial charge on any atom is -0.311 e. The van der Waals surface area contributed by atoms with Gasteiger partial charge in [0.2, 0.25) is 0 Å². The van der Waals surface area contributed by atoms with E-state index in [0.29, 0.717) is 11.6 Å². The van der Waals surface area contributed by atoms with Crippen LogP contribution in [0.4, 0.5) is 0 Å². The molecule has 1 unspecified atom stereocenters. The molecule has 1 aliphatic heterocycles. The largest absolute Gasteiger partial charge is 0.311 e. The quantitative estimate of drug-likeness (QED) is 0.674. The Hall–Kier alpha value is -0.340. The summed E-state index contributed by atoms with van der Waals surface area (Å²) in [6.45, 7) is 9.58. The Balaban J connectivity index is 2.08. The van der Waals surface area contributed by atoms with Gasteiger partial charge >= 0.3 is 0 Å². The monoisotopic (exact) mass is 194 g/mol. The molecule has 0 amide bonds. The highest BCUT2D eigenvalue weighted by Gasteiger charge is 2.41. The lowest BCUT2D eigenvalue weighted by Crippen LogP contribution is -2.62. The van der Waals surface area contributed by atoms with Crippen LogP contribution in [0.25, 0.3) is 0 Å². The summed E-state index contributed by atoms with van der Waals surface area (Å²) in [7, 11) is 0. The molecule has 1 heterocycles. The van der Waals surface area contributed by atoms with Gasteiger partial charge in [-0.2, -0.15) is 0 Å².